The zero-order valence-electron chi connectivity index (χ0n) is 14.9. The van der Waals surface area contributed by atoms with Crippen LogP contribution in [0.2, 0.25) is 0 Å². The highest BCUT2D eigenvalue weighted by atomic mass is 16.1. The van der Waals surface area contributed by atoms with Crippen molar-refractivity contribution in [1.29, 1.82) is 0 Å². The van der Waals surface area contributed by atoms with Crippen LogP contribution in [0.4, 0.5) is 5.69 Å². The molecule has 0 spiro atoms. The first-order chi connectivity index (χ1) is 12.1. The van der Waals surface area contributed by atoms with Gasteiger partial charge in [-0.25, -0.2) is 0 Å². The lowest BCUT2D eigenvalue weighted by Gasteiger charge is -2.26. The number of likely N-dealkylation sites (tertiary alicyclic amines) is 1. The summed E-state index contributed by atoms with van der Waals surface area (Å²) in [5.41, 5.74) is 10.4. The van der Waals surface area contributed by atoms with Crippen LogP contribution >= 0.6 is 0 Å². The van der Waals surface area contributed by atoms with E-state index in [-0.39, 0.29) is 5.91 Å². The molecule has 1 fully saturated rings. The predicted octanol–water partition coefficient (Wildman–Crippen LogP) is 3.49. The first-order valence-corrected chi connectivity index (χ1v) is 9.06. The Hall–Kier alpha value is -2.33. The minimum Gasteiger partial charge on any atom is -0.399 e. The second kappa shape index (κ2) is 8.17. The number of nitrogen functional groups attached to an aromatic ring is 1. The number of nitrogens with zero attached hydrogens (tertiary/aromatic N) is 1. The minimum absolute atomic E-state index is 0.0813. The number of rotatable bonds is 5. The number of carbonyl (C=O) groups excluding carboxylic acids is 1. The highest BCUT2D eigenvalue weighted by Crippen LogP contribution is 2.15. The number of hydrogen-bond donors (Lipinski definition) is 2. The van der Waals surface area contributed by atoms with E-state index in [0.29, 0.717) is 17.8 Å². The Labute approximate surface area is 150 Å². The number of nitrogens with two attached hydrogens (primary N) is 1. The molecule has 4 heteroatoms. The molecule has 0 saturated carbocycles. The fraction of sp³-hybridized carbons (Fsp3) is 0.381. The maximum absolute atomic E-state index is 12.3. The van der Waals surface area contributed by atoms with Crippen LogP contribution in [0.25, 0.3) is 0 Å². The third kappa shape index (κ3) is 4.83. The summed E-state index contributed by atoms with van der Waals surface area (Å²) in [4.78, 5) is 14.9. The summed E-state index contributed by atoms with van der Waals surface area (Å²) >= 11 is 0. The summed E-state index contributed by atoms with van der Waals surface area (Å²) in [5.74, 6) is -0.0813. The van der Waals surface area contributed by atoms with Gasteiger partial charge in [-0.1, -0.05) is 36.8 Å². The van der Waals surface area contributed by atoms with Crippen LogP contribution < -0.4 is 11.1 Å². The van der Waals surface area contributed by atoms with Gasteiger partial charge in [0.15, 0.2) is 0 Å². The summed E-state index contributed by atoms with van der Waals surface area (Å²) in [5, 5.41) is 2.98. The number of nitrogens with one attached hydrogen (secondary N) is 1. The normalized spacial score (nSPS) is 15.1. The Kier molecular flexibility index (Phi) is 5.71. The van der Waals surface area contributed by atoms with Gasteiger partial charge in [-0.15, -0.1) is 0 Å². The summed E-state index contributed by atoms with van der Waals surface area (Å²) < 4.78 is 0. The summed E-state index contributed by atoms with van der Waals surface area (Å²) in [6, 6.07) is 14.0. The Balaban J connectivity index is 1.54. The molecule has 0 aromatic heterocycles. The highest BCUT2D eigenvalue weighted by molar-refractivity contribution is 5.96. The van der Waals surface area contributed by atoms with Gasteiger partial charge in [-0.05, 0) is 61.7 Å². The molecule has 0 radical (unpaired) electrons. The summed E-state index contributed by atoms with van der Waals surface area (Å²) in [7, 11) is 0. The maximum atomic E-state index is 12.3. The lowest BCUT2D eigenvalue weighted by atomic mass is 10.1. The first kappa shape index (κ1) is 17.5. The molecular formula is C21H27N3O. The van der Waals surface area contributed by atoms with E-state index in [9.17, 15) is 4.79 Å². The minimum atomic E-state index is -0.0813. The van der Waals surface area contributed by atoms with E-state index in [1.54, 1.807) is 6.07 Å². The number of amides is 1. The van der Waals surface area contributed by atoms with Gasteiger partial charge in [0, 0.05) is 24.3 Å². The monoisotopic (exact) mass is 337 g/mol. The smallest absolute Gasteiger partial charge is 0.251 e. The number of anilines is 1. The maximum Gasteiger partial charge on any atom is 0.251 e. The summed E-state index contributed by atoms with van der Waals surface area (Å²) in [6.45, 7) is 5.88. The molecule has 25 heavy (non-hydrogen) atoms. The van der Waals surface area contributed by atoms with Crippen molar-refractivity contribution in [3.05, 3.63) is 64.7 Å². The third-order valence-electron chi connectivity index (χ3n) is 4.84. The fourth-order valence-electron chi connectivity index (χ4n) is 3.30. The van der Waals surface area contributed by atoms with Crippen molar-refractivity contribution >= 4 is 11.6 Å². The van der Waals surface area contributed by atoms with E-state index < -0.39 is 0 Å². The number of hydrogen-bond acceptors (Lipinski definition) is 3. The molecule has 3 N–H and O–H groups in total. The van der Waals surface area contributed by atoms with Crippen LogP contribution in [0.3, 0.4) is 0 Å². The molecule has 1 heterocycles. The number of piperidine rings is 1. The molecule has 0 unspecified atom stereocenters. The molecule has 4 nitrogen and oxygen atoms in total. The number of carbonyl (C=O) groups is 1. The molecule has 3 rings (SSSR count). The number of benzene rings is 2. The van der Waals surface area contributed by atoms with E-state index in [0.717, 1.165) is 17.7 Å². The van der Waals surface area contributed by atoms with Crippen LogP contribution in [-0.2, 0) is 13.1 Å². The van der Waals surface area contributed by atoms with E-state index in [1.807, 2.05) is 19.1 Å². The lowest BCUT2D eigenvalue weighted by molar-refractivity contribution is 0.0950. The molecule has 0 aliphatic carbocycles. The van der Waals surface area contributed by atoms with Gasteiger partial charge in [0.1, 0.15) is 0 Å². The van der Waals surface area contributed by atoms with Crippen LogP contribution in [-0.4, -0.2) is 23.9 Å². The molecule has 132 valence electrons. The third-order valence-corrected chi connectivity index (χ3v) is 4.84. The van der Waals surface area contributed by atoms with Gasteiger partial charge in [-0.2, -0.15) is 0 Å². The van der Waals surface area contributed by atoms with Gasteiger partial charge in [0.05, 0.1) is 0 Å². The van der Waals surface area contributed by atoms with Crippen LogP contribution in [0, 0.1) is 6.92 Å². The van der Waals surface area contributed by atoms with E-state index in [2.05, 4.69) is 34.5 Å². The van der Waals surface area contributed by atoms with Gasteiger partial charge in [-0.3, -0.25) is 9.69 Å². The second-order valence-corrected chi connectivity index (χ2v) is 6.91. The van der Waals surface area contributed by atoms with Crippen molar-refractivity contribution in [1.82, 2.24) is 10.2 Å². The van der Waals surface area contributed by atoms with Crippen LogP contribution in [0.15, 0.2) is 42.5 Å². The fourth-order valence-corrected chi connectivity index (χ4v) is 3.30. The van der Waals surface area contributed by atoms with Crippen molar-refractivity contribution in [2.75, 3.05) is 18.8 Å². The predicted molar refractivity (Wildman–Crippen MR) is 102 cm³/mol. The molecule has 1 saturated heterocycles. The zero-order valence-corrected chi connectivity index (χ0v) is 14.9. The summed E-state index contributed by atoms with van der Waals surface area (Å²) in [6.07, 6.45) is 3.99. The standard InChI is InChI=1S/C21H27N3O/c1-16-5-10-19(22)13-20(16)21(25)23-14-17-6-8-18(9-7-17)15-24-11-3-2-4-12-24/h5-10,13H,2-4,11-12,14-15,22H2,1H3,(H,23,25). The van der Waals surface area contributed by atoms with Crippen LogP contribution in [0.1, 0.15) is 46.3 Å². The Morgan fingerprint density at radius 2 is 1.72 bits per heavy atom. The van der Waals surface area contributed by atoms with Crippen molar-refractivity contribution in [2.45, 2.75) is 39.3 Å². The van der Waals surface area contributed by atoms with Gasteiger partial charge < -0.3 is 11.1 Å². The van der Waals surface area contributed by atoms with Crippen molar-refractivity contribution < 1.29 is 4.79 Å². The second-order valence-electron chi connectivity index (χ2n) is 6.91. The van der Waals surface area contributed by atoms with Crippen molar-refractivity contribution in [3.63, 3.8) is 0 Å². The van der Waals surface area contributed by atoms with Gasteiger partial charge >= 0.3 is 0 Å². The van der Waals surface area contributed by atoms with E-state index in [1.165, 1.54) is 37.9 Å². The van der Waals surface area contributed by atoms with E-state index in [4.69, 9.17) is 5.73 Å². The molecular weight excluding hydrogens is 310 g/mol. The first-order valence-electron chi connectivity index (χ1n) is 9.06. The molecule has 1 amide bonds. The molecule has 0 atom stereocenters. The molecule has 1 aliphatic heterocycles. The van der Waals surface area contributed by atoms with Crippen molar-refractivity contribution in [2.24, 2.45) is 0 Å². The average Bonchev–Trinajstić information content (AvgIpc) is 2.64. The highest BCUT2D eigenvalue weighted by Gasteiger charge is 2.11. The quantitative estimate of drug-likeness (QED) is 0.821. The molecule has 0 bridgehead atoms. The molecule has 1 aliphatic rings. The largest absolute Gasteiger partial charge is 0.399 e. The van der Waals surface area contributed by atoms with Gasteiger partial charge in [0.25, 0.3) is 5.91 Å². The van der Waals surface area contributed by atoms with Gasteiger partial charge in [0.2, 0.25) is 0 Å². The van der Waals surface area contributed by atoms with Crippen LogP contribution in [0.5, 0.6) is 0 Å². The van der Waals surface area contributed by atoms with E-state index >= 15 is 0 Å². The number of aryl methyl sites for hydroxylation is 1. The lowest BCUT2D eigenvalue weighted by Crippen LogP contribution is -2.29. The topological polar surface area (TPSA) is 58.4 Å². The molecule has 2 aromatic carbocycles. The Morgan fingerprint density at radius 1 is 1.04 bits per heavy atom. The SMILES string of the molecule is Cc1ccc(N)cc1C(=O)NCc1ccc(CN2CCCCC2)cc1. The molecule has 2 aromatic rings. The Bertz CT molecular complexity index is 718. The average molecular weight is 337 g/mol. The van der Waals surface area contributed by atoms with Crippen molar-refractivity contribution in [3.8, 4) is 0 Å². The zero-order chi connectivity index (χ0) is 17.6. The Morgan fingerprint density at radius 3 is 2.44 bits per heavy atom.